The molecule has 0 amide bonds. The Labute approximate surface area is 140 Å². The van der Waals surface area contributed by atoms with E-state index in [0.29, 0.717) is 36.4 Å². The maximum Gasteiger partial charge on any atom is 0.178 e. The molecule has 1 aliphatic rings. The van der Waals surface area contributed by atoms with Crippen LogP contribution in [0, 0.1) is 17.3 Å². The van der Waals surface area contributed by atoms with E-state index in [1.807, 2.05) is 6.07 Å². The summed E-state index contributed by atoms with van der Waals surface area (Å²) in [4.78, 5) is 0.422. The first-order valence-corrected chi connectivity index (χ1v) is 9.83. The Morgan fingerprint density at radius 1 is 1.09 bits per heavy atom. The van der Waals surface area contributed by atoms with Gasteiger partial charge in [0.15, 0.2) is 9.84 Å². The van der Waals surface area contributed by atoms with Gasteiger partial charge in [-0.05, 0) is 43.2 Å². The van der Waals surface area contributed by atoms with Crippen LogP contribution in [0.15, 0.2) is 35.2 Å². The van der Waals surface area contributed by atoms with E-state index < -0.39 is 9.84 Å². The summed E-state index contributed by atoms with van der Waals surface area (Å²) in [6, 6.07) is 8.73. The molecule has 130 valence electrons. The standard InChI is InChI=1S/C18H28O4S/c1-15-11-18(13-21-2,14-22-3)12-16(15)9-10-23(19,20)17-7-5-4-6-8-17/h4-8,15-16H,9-14H2,1-3H3/t15-,16-/m1/s1. The summed E-state index contributed by atoms with van der Waals surface area (Å²) in [6.07, 6.45) is 2.71. The predicted octanol–water partition coefficient (Wildman–Crippen LogP) is 3.18. The minimum atomic E-state index is -3.20. The van der Waals surface area contributed by atoms with Gasteiger partial charge < -0.3 is 9.47 Å². The smallest absolute Gasteiger partial charge is 0.178 e. The second kappa shape index (κ2) is 7.77. The van der Waals surface area contributed by atoms with Crippen molar-refractivity contribution in [2.45, 2.75) is 31.1 Å². The highest BCUT2D eigenvalue weighted by molar-refractivity contribution is 7.91. The molecule has 0 radical (unpaired) electrons. The summed E-state index contributed by atoms with van der Waals surface area (Å²) in [5.74, 6) is 1.10. The lowest BCUT2D eigenvalue weighted by Gasteiger charge is -2.27. The number of sulfone groups is 1. The van der Waals surface area contributed by atoms with Crippen molar-refractivity contribution in [2.24, 2.45) is 17.3 Å². The molecule has 1 aliphatic carbocycles. The van der Waals surface area contributed by atoms with Crippen LogP contribution < -0.4 is 0 Å². The van der Waals surface area contributed by atoms with Gasteiger partial charge in [-0.15, -0.1) is 0 Å². The summed E-state index contributed by atoms with van der Waals surface area (Å²) in [6.45, 7) is 3.56. The lowest BCUT2D eigenvalue weighted by molar-refractivity contribution is 0.0106. The van der Waals surface area contributed by atoms with Crippen LogP contribution in [-0.2, 0) is 19.3 Å². The first kappa shape index (κ1) is 18.4. The van der Waals surface area contributed by atoms with Crippen LogP contribution in [0.4, 0.5) is 0 Å². The van der Waals surface area contributed by atoms with E-state index in [1.165, 1.54) is 0 Å². The molecule has 23 heavy (non-hydrogen) atoms. The summed E-state index contributed by atoms with van der Waals surface area (Å²) < 4.78 is 35.7. The molecule has 0 spiro atoms. The first-order chi connectivity index (χ1) is 10.9. The van der Waals surface area contributed by atoms with Crippen LogP contribution >= 0.6 is 0 Å². The van der Waals surface area contributed by atoms with Crippen LogP contribution in [0.2, 0.25) is 0 Å². The highest BCUT2D eigenvalue weighted by atomic mass is 32.2. The lowest BCUT2D eigenvalue weighted by atomic mass is 9.86. The van der Waals surface area contributed by atoms with Crippen LogP contribution in [0.1, 0.15) is 26.2 Å². The second-order valence-corrected chi connectivity index (χ2v) is 9.04. The minimum absolute atomic E-state index is 0.0318. The number of ether oxygens (including phenoxy) is 2. The van der Waals surface area contributed by atoms with Crippen molar-refractivity contribution in [3.05, 3.63) is 30.3 Å². The number of rotatable bonds is 8. The molecule has 0 saturated heterocycles. The maximum atomic E-state index is 12.5. The van der Waals surface area contributed by atoms with Gasteiger partial charge in [0.2, 0.25) is 0 Å². The van der Waals surface area contributed by atoms with Crippen LogP contribution in [0.3, 0.4) is 0 Å². The van der Waals surface area contributed by atoms with Gasteiger partial charge in [-0.2, -0.15) is 0 Å². The molecule has 0 N–H and O–H groups in total. The third-order valence-electron chi connectivity index (χ3n) is 5.02. The quantitative estimate of drug-likeness (QED) is 0.729. The molecule has 0 unspecified atom stereocenters. The molecule has 2 rings (SSSR count). The van der Waals surface area contributed by atoms with Crippen molar-refractivity contribution >= 4 is 9.84 Å². The summed E-state index contributed by atoms with van der Waals surface area (Å²) >= 11 is 0. The molecule has 0 aromatic heterocycles. The summed E-state index contributed by atoms with van der Waals surface area (Å²) in [5, 5.41) is 0. The highest BCUT2D eigenvalue weighted by Crippen LogP contribution is 2.47. The molecule has 4 nitrogen and oxygen atoms in total. The number of benzene rings is 1. The first-order valence-electron chi connectivity index (χ1n) is 8.18. The third-order valence-corrected chi connectivity index (χ3v) is 6.78. The molecule has 1 aromatic carbocycles. The molecular weight excluding hydrogens is 312 g/mol. The van der Waals surface area contributed by atoms with Crippen molar-refractivity contribution < 1.29 is 17.9 Å². The molecular formula is C18H28O4S. The van der Waals surface area contributed by atoms with Gasteiger partial charge in [-0.1, -0.05) is 25.1 Å². The fourth-order valence-corrected chi connectivity index (χ4v) is 5.44. The average molecular weight is 340 g/mol. The van der Waals surface area contributed by atoms with Crippen molar-refractivity contribution in [3.63, 3.8) is 0 Å². The van der Waals surface area contributed by atoms with E-state index in [-0.39, 0.29) is 11.2 Å². The SMILES string of the molecule is COCC1(COC)C[C@@H](CCS(=O)(=O)c2ccccc2)[C@H](C)C1. The lowest BCUT2D eigenvalue weighted by Crippen LogP contribution is -2.29. The van der Waals surface area contributed by atoms with Gasteiger partial charge in [0, 0.05) is 19.6 Å². The Bertz CT molecular complexity index is 576. The zero-order valence-corrected chi connectivity index (χ0v) is 15.1. The van der Waals surface area contributed by atoms with Crippen molar-refractivity contribution in [1.29, 1.82) is 0 Å². The zero-order valence-electron chi connectivity index (χ0n) is 14.3. The van der Waals surface area contributed by atoms with Gasteiger partial charge in [-0.25, -0.2) is 8.42 Å². The molecule has 1 saturated carbocycles. The van der Waals surface area contributed by atoms with Gasteiger partial charge in [0.1, 0.15) is 0 Å². The van der Waals surface area contributed by atoms with E-state index >= 15 is 0 Å². The van der Waals surface area contributed by atoms with Crippen molar-refractivity contribution in [1.82, 2.24) is 0 Å². The largest absolute Gasteiger partial charge is 0.384 e. The molecule has 0 aliphatic heterocycles. The Morgan fingerprint density at radius 2 is 1.70 bits per heavy atom. The predicted molar refractivity (Wildman–Crippen MR) is 91.2 cm³/mol. The zero-order chi connectivity index (χ0) is 16.9. The third kappa shape index (κ3) is 4.55. The number of hydrogen-bond acceptors (Lipinski definition) is 4. The number of hydrogen-bond donors (Lipinski definition) is 0. The fraction of sp³-hybridized carbons (Fsp3) is 0.667. The fourth-order valence-electron chi connectivity index (χ4n) is 4.02. The number of methoxy groups -OCH3 is 2. The Kier molecular flexibility index (Phi) is 6.23. The highest BCUT2D eigenvalue weighted by Gasteiger charge is 2.43. The maximum absolute atomic E-state index is 12.5. The van der Waals surface area contributed by atoms with E-state index in [4.69, 9.17) is 9.47 Å². The molecule has 0 bridgehead atoms. The minimum Gasteiger partial charge on any atom is -0.384 e. The Hall–Kier alpha value is -0.910. The molecule has 0 heterocycles. The second-order valence-electron chi connectivity index (χ2n) is 6.93. The summed E-state index contributed by atoms with van der Waals surface area (Å²) in [5.41, 5.74) is 0.0318. The van der Waals surface area contributed by atoms with Crippen LogP contribution in [0.5, 0.6) is 0 Å². The van der Waals surface area contributed by atoms with E-state index in [9.17, 15) is 8.42 Å². The van der Waals surface area contributed by atoms with E-state index in [0.717, 1.165) is 12.8 Å². The molecule has 2 atom stereocenters. The van der Waals surface area contributed by atoms with E-state index in [2.05, 4.69) is 6.92 Å². The van der Waals surface area contributed by atoms with Gasteiger partial charge >= 0.3 is 0 Å². The van der Waals surface area contributed by atoms with Gasteiger partial charge in [0.05, 0.1) is 23.9 Å². The van der Waals surface area contributed by atoms with Gasteiger partial charge in [-0.3, -0.25) is 0 Å². The normalized spacial score (nSPS) is 24.0. The van der Waals surface area contributed by atoms with Crippen molar-refractivity contribution in [2.75, 3.05) is 33.2 Å². The van der Waals surface area contributed by atoms with E-state index in [1.54, 1.807) is 38.5 Å². The molecule has 1 fully saturated rings. The van der Waals surface area contributed by atoms with Gasteiger partial charge in [0.25, 0.3) is 0 Å². The molecule has 5 heteroatoms. The molecule has 1 aromatic rings. The monoisotopic (exact) mass is 340 g/mol. The van der Waals surface area contributed by atoms with Crippen LogP contribution in [-0.4, -0.2) is 41.6 Å². The van der Waals surface area contributed by atoms with Crippen LogP contribution in [0.25, 0.3) is 0 Å². The Balaban J connectivity index is 2.01. The topological polar surface area (TPSA) is 52.6 Å². The summed E-state index contributed by atoms with van der Waals surface area (Å²) in [7, 11) is 0.240. The van der Waals surface area contributed by atoms with Crippen molar-refractivity contribution in [3.8, 4) is 0 Å². The average Bonchev–Trinajstić information content (AvgIpc) is 2.83. The Morgan fingerprint density at radius 3 is 2.26 bits per heavy atom.